The van der Waals surface area contributed by atoms with Crippen molar-refractivity contribution in [2.45, 2.75) is 6.54 Å². The topological polar surface area (TPSA) is 72.9 Å². The van der Waals surface area contributed by atoms with Gasteiger partial charge in [0.15, 0.2) is 0 Å². The number of hydrogen-bond acceptors (Lipinski definition) is 3. The quantitative estimate of drug-likeness (QED) is 0.511. The Morgan fingerprint density at radius 3 is 2.94 bits per heavy atom. The molecule has 0 spiro atoms. The van der Waals surface area contributed by atoms with E-state index in [4.69, 9.17) is 5.84 Å². The molecule has 0 unspecified atom stereocenters. The Balaban J connectivity index is 2.29. The molecule has 3 N–H and O–H groups in total. The molecule has 0 aliphatic carbocycles. The van der Waals surface area contributed by atoms with Gasteiger partial charge in [-0.1, -0.05) is 0 Å². The first-order valence-corrected chi connectivity index (χ1v) is 5.87. The Kier molecular flexibility index (Phi) is 3.73. The number of hydrazine groups is 1. The van der Waals surface area contributed by atoms with Gasteiger partial charge < -0.3 is 0 Å². The summed E-state index contributed by atoms with van der Waals surface area (Å²) < 4.78 is 16.0. The normalized spacial score (nSPS) is 10.4. The summed E-state index contributed by atoms with van der Waals surface area (Å²) in [6, 6.07) is 4.06. The Morgan fingerprint density at radius 1 is 1.56 bits per heavy atom. The number of nitrogens with two attached hydrogens (primary N) is 1. The molecule has 0 aliphatic rings. The summed E-state index contributed by atoms with van der Waals surface area (Å²) in [5.74, 6) is 4.18. The molecule has 5 nitrogen and oxygen atoms in total. The lowest BCUT2D eigenvalue weighted by molar-refractivity contribution is 0.0953. The number of nitrogens with one attached hydrogen (secondary N) is 1. The van der Waals surface area contributed by atoms with Crippen LogP contribution in [0.1, 0.15) is 15.9 Å². The molecule has 0 radical (unpaired) electrons. The molecule has 0 fully saturated rings. The second-order valence-electron chi connectivity index (χ2n) is 3.64. The zero-order chi connectivity index (χ0) is 13.1. The summed E-state index contributed by atoms with van der Waals surface area (Å²) in [6.45, 7) is 0.239. The molecule has 1 aromatic heterocycles. The van der Waals surface area contributed by atoms with Crippen LogP contribution in [0.15, 0.2) is 35.1 Å². The van der Waals surface area contributed by atoms with Gasteiger partial charge in [0.2, 0.25) is 0 Å². The third kappa shape index (κ3) is 2.74. The van der Waals surface area contributed by atoms with E-state index in [1.165, 1.54) is 18.2 Å². The number of nitrogen functional groups attached to an aromatic ring is 1. The first kappa shape index (κ1) is 12.7. The Bertz CT molecular complexity index is 584. The Hall–Kier alpha value is -1.73. The van der Waals surface area contributed by atoms with Crippen molar-refractivity contribution in [2.24, 2.45) is 5.84 Å². The highest BCUT2D eigenvalue weighted by Crippen LogP contribution is 2.14. The summed E-state index contributed by atoms with van der Waals surface area (Å²) in [7, 11) is 0. The van der Waals surface area contributed by atoms with Crippen molar-refractivity contribution in [1.82, 2.24) is 15.2 Å². The third-order valence-electron chi connectivity index (χ3n) is 2.37. The van der Waals surface area contributed by atoms with Crippen LogP contribution in [0, 0.1) is 5.82 Å². The number of amides is 1. The van der Waals surface area contributed by atoms with Gasteiger partial charge in [0.1, 0.15) is 5.82 Å². The molecule has 0 bridgehead atoms. The fourth-order valence-electron chi connectivity index (χ4n) is 1.52. The number of hydrogen-bond donors (Lipinski definition) is 2. The zero-order valence-corrected chi connectivity index (χ0v) is 10.8. The summed E-state index contributed by atoms with van der Waals surface area (Å²) >= 11 is 3.26. The second kappa shape index (κ2) is 5.28. The molecule has 94 valence electrons. The van der Waals surface area contributed by atoms with E-state index in [2.05, 4.69) is 21.0 Å². The van der Waals surface area contributed by atoms with Gasteiger partial charge in [-0.3, -0.25) is 14.9 Å². The first-order chi connectivity index (χ1) is 8.60. The van der Waals surface area contributed by atoms with Crippen LogP contribution < -0.4 is 11.3 Å². The number of carbonyl (C=O) groups is 1. The van der Waals surface area contributed by atoms with E-state index >= 15 is 0 Å². The molecule has 2 rings (SSSR count). The van der Waals surface area contributed by atoms with Gasteiger partial charge in [0.25, 0.3) is 5.91 Å². The summed E-state index contributed by atoms with van der Waals surface area (Å²) in [4.78, 5) is 11.3. The van der Waals surface area contributed by atoms with Crippen molar-refractivity contribution in [3.05, 3.63) is 52.0 Å². The number of carbonyl (C=O) groups excluding carboxylic acids is 1. The van der Waals surface area contributed by atoms with Crippen molar-refractivity contribution < 1.29 is 9.18 Å². The van der Waals surface area contributed by atoms with Crippen molar-refractivity contribution in [2.75, 3.05) is 0 Å². The average Bonchev–Trinajstić information content (AvgIpc) is 2.76. The molecule has 0 saturated heterocycles. The zero-order valence-electron chi connectivity index (χ0n) is 9.23. The maximum Gasteiger partial charge on any atom is 0.265 e. The van der Waals surface area contributed by atoms with Gasteiger partial charge in [-0.05, 0) is 34.1 Å². The Morgan fingerprint density at radius 2 is 2.33 bits per heavy atom. The SMILES string of the molecule is NNC(=O)c1ccc(F)c(Cn2cc(Br)cn2)c1. The maximum absolute atomic E-state index is 13.6. The van der Waals surface area contributed by atoms with Crippen LogP contribution in [0.25, 0.3) is 0 Å². The molecule has 1 amide bonds. The standard InChI is InChI=1S/C11H10BrFN4O/c12-9-4-15-17(6-9)5-8-3-7(11(18)16-14)1-2-10(8)13/h1-4,6H,5,14H2,(H,16,18). The van der Waals surface area contributed by atoms with Gasteiger partial charge in [0, 0.05) is 17.3 Å². The third-order valence-corrected chi connectivity index (χ3v) is 2.78. The minimum atomic E-state index is -0.460. The average molecular weight is 313 g/mol. The van der Waals surface area contributed by atoms with Crippen molar-refractivity contribution >= 4 is 21.8 Å². The highest BCUT2D eigenvalue weighted by Gasteiger charge is 2.09. The number of nitrogens with zero attached hydrogens (tertiary/aromatic N) is 2. The van der Waals surface area contributed by atoms with E-state index in [1.54, 1.807) is 17.1 Å². The van der Waals surface area contributed by atoms with Gasteiger partial charge in [-0.2, -0.15) is 5.10 Å². The smallest absolute Gasteiger partial charge is 0.265 e. The monoisotopic (exact) mass is 312 g/mol. The largest absolute Gasteiger partial charge is 0.290 e. The molecule has 2 aromatic rings. The molecule has 1 heterocycles. The van der Waals surface area contributed by atoms with Crippen LogP contribution in [0.5, 0.6) is 0 Å². The fraction of sp³-hybridized carbons (Fsp3) is 0.0909. The number of aromatic nitrogens is 2. The minimum Gasteiger partial charge on any atom is -0.290 e. The van der Waals surface area contributed by atoms with Crippen molar-refractivity contribution in [3.63, 3.8) is 0 Å². The van der Waals surface area contributed by atoms with E-state index in [0.717, 1.165) is 4.47 Å². The lowest BCUT2D eigenvalue weighted by Crippen LogP contribution is -2.30. The van der Waals surface area contributed by atoms with E-state index in [9.17, 15) is 9.18 Å². The number of rotatable bonds is 3. The fourth-order valence-corrected chi connectivity index (χ4v) is 1.85. The van der Waals surface area contributed by atoms with Gasteiger partial charge in [-0.15, -0.1) is 0 Å². The van der Waals surface area contributed by atoms with Crippen LogP contribution in [0.4, 0.5) is 4.39 Å². The Labute approximate surface area is 111 Å². The molecular formula is C11H10BrFN4O. The lowest BCUT2D eigenvalue weighted by atomic mass is 10.1. The second-order valence-corrected chi connectivity index (χ2v) is 4.55. The van der Waals surface area contributed by atoms with Gasteiger partial charge in [-0.25, -0.2) is 10.2 Å². The van der Waals surface area contributed by atoms with E-state index in [0.29, 0.717) is 11.1 Å². The predicted molar refractivity (Wildman–Crippen MR) is 67.1 cm³/mol. The van der Waals surface area contributed by atoms with Crippen molar-refractivity contribution in [3.8, 4) is 0 Å². The molecule has 0 saturated carbocycles. The van der Waals surface area contributed by atoms with Gasteiger partial charge >= 0.3 is 0 Å². The van der Waals surface area contributed by atoms with Crippen LogP contribution >= 0.6 is 15.9 Å². The lowest BCUT2D eigenvalue weighted by Gasteiger charge is -2.06. The summed E-state index contributed by atoms with van der Waals surface area (Å²) in [6.07, 6.45) is 3.32. The van der Waals surface area contributed by atoms with E-state index in [1.807, 2.05) is 5.43 Å². The molecule has 0 atom stereocenters. The number of benzene rings is 1. The van der Waals surface area contributed by atoms with Crippen LogP contribution in [0.3, 0.4) is 0 Å². The highest BCUT2D eigenvalue weighted by molar-refractivity contribution is 9.10. The number of halogens is 2. The summed E-state index contributed by atoms with van der Waals surface area (Å²) in [5.41, 5.74) is 2.68. The summed E-state index contributed by atoms with van der Waals surface area (Å²) in [5, 5.41) is 4.02. The molecule has 18 heavy (non-hydrogen) atoms. The van der Waals surface area contributed by atoms with E-state index in [-0.39, 0.29) is 6.54 Å². The molecule has 0 aliphatic heterocycles. The van der Waals surface area contributed by atoms with Crippen molar-refractivity contribution in [1.29, 1.82) is 0 Å². The maximum atomic E-state index is 13.6. The van der Waals surface area contributed by atoms with Crippen LogP contribution in [-0.4, -0.2) is 15.7 Å². The molecule has 7 heteroatoms. The molecular weight excluding hydrogens is 303 g/mol. The predicted octanol–water partition coefficient (Wildman–Crippen LogP) is 1.44. The van der Waals surface area contributed by atoms with Crippen LogP contribution in [-0.2, 0) is 6.54 Å². The first-order valence-electron chi connectivity index (χ1n) is 5.07. The molecule has 1 aromatic carbocycles. The minimum absolute atomic E-state index is 0.239. The van der Waals surface area contributed by atoms with E-state index < -0.39 is 11.7 Å². The highest BCUT2D eigenvalue weighted by atomic mass is 79.9. The van der Waals surface area contributed by atoms with Crippen LogP contribution in [0.2, 0.25) is 0 Å². The van der Waals surface area contributed by atoms with Gasteiger partial charge in [0.05, 0.1) is 17.2 Å².